The normalized spacial score (nSPS) is 23.1. The average molecular weight is 343 g/mol. The summed E-state index contributed by atoms with van der Waals surface area (Å²) in [6.45, 7) is 6.11. The number of ether oxygens (including phenoxy) is 1. The molecule has 2 rings (SSSR count). The van der Waals surface area contributed by atoms with E-state index in [1.54, 1.807) is 0 Å². The zero-order valence-electron chi connectivity index (χ0n) is 14.8. The number of amides is 3. The molecule has 3 amide bonds. The second kappa shape index (κ2) is 7.40. The highest BCUT2D eigenvalue weighted by molar-refractivity contribution is 5.91. The van der Waals surface area contributed by atoms with Crippen molar-refractivity contribution in [3.8, 4) is 0 Å². The molecule has 2 atom stereocenters. The van der Waals surface area contributed by atoms with Gasteiger partial charge in [0.2, 0.25) is 11.8 Å². The number of carbonyl (C=O) groups excluding carboxylic acids is 3. The van der Waals surface area contributed by atoms with Gasteiger partial charge in [-0.05, 0) is 43.9 Å². The van der Waals surface area contributed by atoms with Crippen LogP contribution in [-0.2, 0) is 14.3 Å². The maximum atomic E-state index is 12.9. The summed E-state index contributed by atoms with van der Waals surface area (Å²) in [6.07, 6.45) is 4.56. The molecule has 2 fully saturated rings. The summed E-state index contributed by atoms with van der Waals surface area (Å²) in [7, 11) is 0. The Morgan fingerprint density at radius 1 is 1.17 bits per heavy atom. The largest absolute Gasteiger partial charge is 0.446 e. The quantitative estimate of drug-likeness (QED) is 0.815. The summed E-state index contributed by atoms with van der Waals surface area (Å²) in [6, 6.07) is -1.35. The van der Waals surface area contributed by atoms with Crippen molar-refractivity contribution in [3.05, 3.63) is 0 Å². The molecule has 7 heteroatoms. The van der Waals surface area contributed by atoms with E-state index >= 15 is 0 Å². The number of hydrogen-bond acceptors (Lipinski definition) is 4. The highest BCUT2D eigenvalue weighted by Gasteiger charge is 2.41. The first-order valence-corrected chi connectivity index (χ1v) is 8.77. The molecule has 1 saturated heterocycles. The Morgan fingerprint density at radius 3 is 2.33 bits per heavy atom. The van der Waals surface area contributed by atoms with E-state index < -0.39 is 29.5 Å². The predicted octanol–water partition coefficient (Wildman–Crippen LogP) is 2.04. The van der Waals surface area contributed by atoms with Crippen molar-refractivity contribution in [2.75, 3.05) is 6.54 Å². The van der Waals surface area contributed by atoms with E-state index in [-0.39, 0.29) is 14.9 Å². The Kier molecular flexibility index (Phi) is 5.72. The van der Waals surface area contributed by atoms with Crippen molar-refractivity contribution in [3.63, 3.8) is 0 Å². The zero-order chi connectivity index (χ0) is 17.9. The Labute approximate surface area is 146 Å². The number of nitrogens with zero attached hydrogens (tertiary/aromatic N) is 1. The van der Waals surface area contributed by atoms with Crippen molar-refractivity contribution in [2.45, 2.75) is 77.5 Å². The second-order valence-corrected chi connectivity index (χ2v) is 7.85. The number of rotatable bonds is 4. The molecular weight excluding hydrogens is 310 g/mol. The minimum atomic E-state index is -0.758. The van der Waals surface area contributed by atoms with E-state index in [1.165, 1.54) is 4.90 Å². The van der Waals surface area contributed by atoms with E-state index in [0.717, 1.165) is 32.1 Å². The molecule has 0 aromatic heterocycles. The molecule has 1 saturated carbocycles. The van der Waals surface area contributed by atoms with Gasteiger partial charge in [0.1, 0.15) is 18.2 Å². The Morgan fingerprint density at radius 2 is 1.79 bits per heavy atom. The maximum Gasteiger partial charge on any atom is 0.408 e. The van der Waals surface area contributed by atoms with Gasteiger partial charge in [-0.3, -0.25) is 9.59 Å². The molecule has 1 heterocycles. The van der Waals surface area contributed by atoms with Gasteiger partial charge in [0.15, 0.2) is 0 Å². The van der Waals surface area contributed by atoms with Gasteiger partial charge in [0.05, 0.1) is 0 Å². The molecule has 0 unspecified atom stereocenters. The third kappa shape index (κ3) is 4.39. The van der Waals surface area contributed by atoms with E-state index in [4.69, 9.17) is 10.5 Å². The van der Waals surface area contributed by atoms with Crippen molar-refractivity contribution >= 4 is 17.9 Å². The summed E-state index contributed by atoms with van der Waals surface area (Å²) in [5.74, 6) is -0.769. The summed E-state index contributed by atoms with van der Waals surface area (Å²) >= 11 is 0. The average Bonchev–Trinajstić information content (AvgIpc) is 3.13. The van der Waals surface area contributed by atoms with Gasteiger partial charge in [0, 0.05) is 9.40 Å². The lowest BCUT2D eigenvalue weighted by atomic mass is 9.85. The Balaban J connectivity index is 0.00000312. The molecule has 0 bridgehead atoms. The summed E-state index contributed by atoms with van der Waals surface area (Å²) in [5, 5.41) is 2.72. The third-order valence-electron chi connectivity index (χ3n) is 4.82. The number of carbonyl (C=O) groups is 3. The van der Waals surface area contributed by atoms with Crippen LogP contribution >= 0.6 is 0 Å². The number of alkyl carbamates (subject to hydrolysis) is 1. The predicted molar refractivity (Wildman–Crippen MR) is 93.3 cm³/mol. The Hall–Kier alpha value is -1.79. The van der Waals surface area contributed by atoms with E-state index in [0.29, 0.717) is 13.0 Å². The van der Waals surface area contributed by atoms with Crippen molar-refractivity contribution in [1.82, 2.24) is 10.2 Å². The molecule has 1 aliphatic heterocycles. The lowest BCUT2D eigenvalue weighted by Gasteiger charge is -2.35. The fourth-order valence-electron chi connectivity index (χ4n) is 3.45. The van der Waals surface area contributed by atoms with Gasteiger partial charge in [-0.1, -0.05) is 20.8 Å². The molecule has 140 valence electrons. The topological polar surface area (TPSA) is 102 Å². The van der Waals surface area contributed by atoms with Gasteiger partial charge in [0.25, 0.3) is 0 Å². The van der Waals surface area contributed by atoms with Gasteiger partial charge < -0.3 is 20.7 Å². The van der Waals surface area contributed by atoms with Crippen LogP contribution < -0.4 is 11.1 Å². The third-order valence-corrected chi connectivity index (χ3v) is 4.82. The van der Waals surface area contributed by atoms with Crippen LogP contribution in [0.25, 0.3) is 0 Å². The number of primary amides is 1. The van der Waals surface area contributed by atoms with E-state index in [2.05, 4.69) is 5.32 Å². The minimum absolute atomic E-state index is 0. The lowest BCUT2D eigenvalue weighted by molar-refractivity contribution is -0.141. The molecule has 0 aromatic rings. The van der Waals surface area contributed by atoms with Crippen LogP contribution in [0, 0.1) is 5.41 Å². The highest BCUT2D eigenvalue weighted by atomic mass is 16.6. The van der Waals surface area contributed by atoms with Crippen LogP contribution in [0.3, 0.4) is 0 Å². The van der Waals surface area contributed by atoms with Gasteiger partial charge >= 0.3 is 6.09 Å². The van der Waals surface area contributed by atoms with Crippen LogP contribution in [-0.4, -0.2) is 47.5 Å². The number of nitrogens with one attached hydrogen (secondary N) is 1. The van der Waals surface area contributed by atoms with Gasteiger partial charge in [-0.2, -0.15) is 0 Å². The molecule has 3 N–H and O–H groups in total. The smallest absolute Gasteiger partial charge is 0.408 e. The maximum absolute atomic E-state index is 12.9. The second-order valence-electron chi connectivity index (χ2n) is 7.85. The molecule has 0 aromatic carbocycles. The summed E-state index contributed by atoms with van der Waals surface area (Å²) < 4.78 is 5.41. The molecule has 7 nitrogen and oxygen atoms in total. The van der Waals surface area contributed by atoms with Crippen LogP contribution in [0.5, 0.6) is 0 Å². The SMILES string of the molecule is CC(C)(C)[C@H](NC(=O)OC1CCCC1)C(=O)N1CCC[C@H]1C(N)=O.[HH].[HH]. The van der Waals surface area contributed by atoms with Crippen LogP contribution in [0.2, 0.25) is 0 Å². The van der Waals surface area contributed by atoms with Crippen LogP contribution in [0.15, 0.2) is 0 Å². The van der Waals surface area contributed by atoms with Crippen LogP contribution in [0.4, 0.5) is 4.79 Å². The molecular formula is C17H33N3O4. The standard InChI is InChI=1S/C17H29N3O4.2H2/c1-17(2,3)13(19-16(23)24-11-7-4-5-8-11)15(22)20-10-6-9-12(20)14(18)21;;/h11-13H,4-10H2,1-3H3,(H2,18,21)(H,19,23);2*1H/t12-,13+;;/m0../s1. The van der Waals surface area contributed by atoms with E-state index in [1.807, 2.05) is 20.8 Å². The Bertz CT molecular complexity index is 505. The first-order valence-electron chi connectivity index (χ1n) is 8.77. The fourth-order valence-corrected chi connectivity index (χ4v) is 3.45. The molecule has 24 heavy (non-hydrogen) atoms. The summed E-state index contributed by atoms with van der Waals surface area (Å²) in [5.41, 5.74) is 4.90. The monoisotopic (exact) mass is 343 g/mol. The van der Waals surface area contributed by atoms with Crippen molar-refractivity contribution in [1.29, 1.82) is 0 Å². The van der Waals surface area contributed by atoms with Crippen molar-refractivity contribution < 1.29 is 22.0 Å². The number of nitrogens with two attached hydrogens (primary N) is 1. The number of likely N-dealkylation sites (tertiary alicyclic amines) is 1. The first kappa shape index (κ1) is 18.5. The van der Waals surface area contributed by atoms with E-state index in [9.17, 15) is 14.4 Å². The summed E-state index contributed by atoms with van der Waals surface area (Å²) in [4.78, 5) is 38.2. The molecule has 0 radical (unpaired) electrons. The molecule has 2 aliphatic rings. The highest BCUT2D eigenvalue weighted by Crippen LogP contribution is 2.26. The van der Waals surface area contributed by atoms with Gasteiger partial charge in [-0.15, -0.1) is 0 Å². The number of hydrogen-bond donors (Lipinski definition) is 2. The molecule has 1 aliphatic carbocycles. The first-order chi connectivity index (χ1) is 11.2. The van der Waals surface area contributed by atoms with Crippen LogP contribution in [0.1, 0.15) is 62.1 Å². The van der Waals surface area contributed by atoms with Crippen molar-refractivity contribution in [2.24, 2.45) is 11.1 Å². The van der Waals surface area contributed by atoms with Gasteiger partial charge in [-0.25, -0.2) is 4.79 Å². The molecule has 0 spiro atoms. The minimum Gasteiger partial charge on any atom is -0.446 e. The fraction of sp³-hybridized carbons (Fsp3) is 0.824. The lowest BCUT2D eigenvalue weighted by Crippen LogP contribution is -2.57. The zero-order valence-corrected chi connectivity index (χ0v) is 14.8.